The van der Waals surface area contributed by atoms with Gasteiger partial charge in [0.15, 0.2) is 0 Å². The summed E-state index contributed by atoms with van der Waals surface area (Å²) in [5, 5.41) is 9.19. The van der Waals surface area contributed by atoms with E-state index in [1.54, 1.807) is 0 Å². The molecule has 70 valence electrons. The number of hydrogen-bond donors (Lipinski definition) is 2. The van der Waals surface area contributed by atoms with Crippen LogP contribution in [0.2, 0.25) is 0 Å². The minimum absolute atomic E-state index is 0.244. The Morgan fingerprint density at radius 2 is 1.85 bits per heavy atom. The summed E-state index contributed by atoms with van der Waals surface area (Å²) in [4.78, 5) is 0. The van der Waals surface area contributed by atoms with Crippen molar-refractivity contribution < 1.29 is 5.11 Å². The van der Waals surface area contributed by atoms with E-state index in [-0.39, 0.29) is 6.61 Å². The fraction of sp³-hybridized carbons (Fsp3) is 0.455. The quantitative estimate of drug-likeness (QED) is 0.713. The van der Waals surface area contributed by atoms with E-state index >= 15 is 0 Å². The molecule has 2 nitrogen and oxygen atoms in total. The van der Waals surface area contributed by atoms with Gasteiger partial charge in [0.25, 0.3) is 0 Å². The topological polar surface area (TPSA) is 46.2 Å². The SMILES string of the molecule is NC[C@H]1C[C@@H](CO)c2ccccc21. The molecule has 2 atom stereocenters. The molecular formula is C11H15NO. The highest BCUT2D eigenvalue weighted by Crippen LogP contribution is 2.40. The van der Waals surface area contributed by atoms with E-state index < -0.39 is 0 Å². The normalized spacial score (nSPS) is 26.0. The zero-order valence-electron chi connectivity index (χ0n) is 7.61. The van der Waals surface area contributed by atoms with Gasteiger partial charge in [0, 0.05) is 12.5 Å². The molecule has 1 aliphatic rings. The standard InChI is InChI=1S/C11H15NO/c12-6-8-5-9(7-13)11-4-2-1-3-10(8)11/h1-4,8-9,13H,5-7,12H2/t8-,9+/m1/s1. The van der Waals surface area contributed by atoms with Gasteiger partial charge in [0.05, 0.1) is 0 Å². The lowest BCUT2D eigenvalue weighted by molar-refractivity contribution is 0.261. The molecule has 13 heavy (non-hydrogen) atoms. The molecule has 0 saturated carbocycles. The second-order valence-electron chi connectivity index (χ2n) is 3.68. The number of aliphatic hydroxyl groups excluding tert-OH is 1. The molecule has 0 unspecified atom stereocenters. The van der Waals surface area contributed by atoms with Crippen LogP contribution in [0.3, 0.4) is 0 Å². The first-order chi connectivity index (χ1) is 6.36. The second-order valence-corrected chi connectivity index (χ2v) is 3.68. The van der Waals surface area contributed by atoms with Crippen molar-refractivity contribution in [1.29, 1.82) is 0 Å². The summed E-state index contributed by atoms with van der Waals surface area (Å²) in [7, 11) is 0. The smallest absolute Gasteiger partial charge is 0.0500 e. The molecule has 0 aromatic heterocycles. The molecule has 0 bridgehead atoms. The Bertz CT molecular complexity index is 269. The number of fused-ring (bicyclic) bond motifs is 1. The van der Waals surface area contributed by atoms with Gasteiger partial charge in [-0.25, -0.2) is 0 Å². The van der Waals surface area contributed by atoms with Gasteiger partial charge < -0.3 is 10.8 Å². The molecule has 0 amide bonds. The average Bonchev–Trinajstić information content (AvgIpc) is 2.56. The van der Waals surface area contributed by atoms with Gasteiger partial charge in [0.1, 0.15) is 0 Å². The molecule has 3 N–H and O–H groups in total. The van der Waals surface area contributed by atoms with Crippen LogP contribution in [-0.2, 0) is 0 Å². The molecule has 1 aromatic carbocycles. The average molecular weight is 177 g/mol. The molecule has 0 heterocycles. The van der Waals surface area contributed by atoms with Gasteiger partial charge in [-0.1, -0.05) is 24.3 Å². The van der Waals surface area contributed by atoms with Crippen LogP contribution in [0.4, 0.5) is 0 Å². The van der Waals surface area contributed by atoms with Crippen molar-refractivity contribution in [3.8, 4) is 0 Å². The highest BCUT2D eigenvalue weighted by molar-refractivity contribution is 5.38. The van der Waals surface area contributed by atoms with Gasteiger partial charge in [-0.15, -0.1) is 0 Å². The minimum atomic E-state index is 0.244. The van der Waals surface area contributed by atoms with Crippen molar-refractivity contribution in [2.45, 2.75) is 18.3 Å². The van der Waals surface area contributed by atoms with Crippen LogP contribution >= 0.6 is 0 Å². The molecule has 0 spiro atoms. The number of nitrogens with two attached hydrogens (primary N) is 1. The Kier molecular flexibility index (Phi) is 2.34. The van der Waals surface area contributed by atoms with E-state index in [2.05, 4.69) is 12.1 Å². The summed E-state index contributed by atoms with van der Waals surface area (Å²) in [5.41, 5.74) is 8.31. The van der Waals surface area contributed by atoms with Crippen LogP contribution in [0, 0.1) is 0 Å². The lowest BCUT2D eigenvalue weighted by atomic mass is 10.0. The lowest BCUT2D eigenvalue weighted by Gasteiger charge is -2.06. The number of aliphatic hydroxyl groups is 1. The van der Waals surface area contributed by atoms with E-state index in [9.17, 15) is 5.11 Å². The monoisotopic (exact) mass is 177 g/mol. The zero-order chi connectivity index (χ0) is 9.26. The van der Waals surface area contributed by atoms with Crippen LogP contribution < -0.4 is 5.73 Å². The summed E-state index contributed by atoms with van der Waals surface area (Å²) >= 11 is 0. The van der Waals surface area contributed by atoms with Crippen LogP contribution in [0.25, 0.3) is 0 Å². The molecular weight excluding hydrogens is 162 g/mol. The Morgan fingerprint density at radius 1 is 1.23 bits per heavy atom. The number of rotatable bonds is 2. The maximum Gasteiger partial charge on any atom is 0.0500 e. The molecule has 0 fully saturated rings. The Hall–Kier alpha value is -0.860. The molecule has 0 saturated heterocycles. The van der Waals surface area contributed by atoms with Crippen molar-refractivity contribution in [2.75, 3.05) is 13.2 Å². The maximum atomic E-state index is 9.19. The van der Waals surface area contributed by atoms with Crippen molar-refractivity contribution in [1.82, 2.24) is 0 Å². The van der Waals surface area contributed by atoms with Gasteiger partial charge >= 0.3 is 0 Å². The zero-order valence-corrected chi connectivity index (χ0v) is 7.61. The summed E-state index contributed by atoms with van der Waals surface area (Å²) in [6.07, 6.45) is 1.01. The lowest BCUT2D eigenvalue weighted by Crippen LogP contribution is -2.09. The van der Waals surface area contributed by atoms with Crippen molar-refractivity contribution >= 4 is 0 Å². The third-order valence-corrected chi connectivity index (χ3v) is 2.95. The molecule has 2 rings (SSSR count). The van der Waals surface area contributed by atoms with Gasteiger partial charge in [-0.2, -0.15) is 0 Å². The fourth-order valence-corrected chi connectivity index (χ4v) is 2.25. The number of hydrogen-bond acceptors (Lipinski definition) is 2. The van der Waals surface area contributed by atoms with Crippen LogP contribution in [0.5, 0.6) is 0 Å². The van der Waals surface area contributed by atoms with Crippen molar-refractivity contribution in [3.05, 3.63) is 35.4 Å². The largest absolute Gasteiger partial charge is 0.396 e. The van der Waals surface area contributed by atoms with Crippen molar-refractivity contribution in [2.24, 2.45) is 5.73 Å². The predicted octanol–water partition coefficient (Wildman–Crippen LogP) is 1.21. The summed E-state index contributed by atoms with van der Waals surface area (Å²) in [6.45, 7) is 0.932. The molecule has 2 heteroatoms. The highest BCUT2D eigenvalue weighted by Gasteiger charge is 2.28. The van der Waals surface area contributed by atoms with Crippen LogP contribution in [0.1, 0.15) is 29.4 Å². The van der Waals surface area contributed by atoms with Gasteiger partial charge in [-0.05, 0) is 30.0 Å². The molecule has 0 radical (unpaired) electrons. The minimum Gasteiger partial charge on any atom is -0.396 e. The third-order valence-electron chi connectivity index (χ3n) is 2.95. The third kappa shape index (κ3) is 1.36. The Balaban J connectivity index is 2.38. The van der Waals surface area contributed by atoms with E-state index in [1.807, 2.05) is 12.1 Å². The molecule has 0 aliphatic heterocycles. The predicted molar refractivity (Wildman–Crippen MR) is 52.7 cm³/mol. The van der Waals surface area contributed by atoms with Gasteiger partial charge in [0.2, 0.25) is 0 Å². The molecule has 1 aromatic rings. The first-order valence-electron chi connectivity index (χ1n) is 4.76. The first kappa shape index (κ1) is 8.73. The fourth-order valence-electron chi connectivity index (χ4n) is 2.25. The molecule has 1 aliphatic carbocycles. The Labute approximate surface area is 78.4 Å². The summed E-state index contributed by atoms with van der Waals surface area (Å²) in [5.74, 6) is 0.762. The highest BCUT2D eigenvalue weighted by atomic mass is 16.3. The summed E-state index contributed by atoms with van der Waals surface area (Å²) < 4.78 is 0. The van der Waals surface area contributed by atoms with E-state index in [4.69, 9.17) is 5.73 Å². The first-order valence-corrected chi connectivity index (χ1v) is 4.76. The Morgan fingerprint density at radius 3 is 2.38 bits per heavy atom. The second kappa shape index (κ2) is 3.48. The number of benzene rings is 1. The maximum absolute atomic E-state index is 9.19. The van der Waals surface area contributed by atoms with E-state index in [0.717, 1.165) is 6.42 Å². The summed E-state index contributed by atoms with van der Waals surface area (Å²) in [6, 6.07) is 8.30. The van der Waals surface area contributed by atoms with E-state index in [1.165, 1.54) is 11.1 Å². The van der Waals surface area contributed by atoms with E-state index in [0.29, 0.717) is 18.4 Å². The van der Waals surface area contributed by atoms with Crippen molar-refractivity contribution in [3.63, 3.8) is 0 Å². The van der Waals surface area contributed by atoms with Gasteiger partial charge in [-0.3, -0.25) is 0 Å². The van der Waals surface area contributed by atoms with Crippen LogP contribution in [0.15, 0.2) is 24.3 Å². The van der Waals surface area contributed by atoms with Crippen LogP contribution in [-0.4, -0.2) is 18.3 Å².